The molecule has 0 aliphatic heterocycles. The summed E-state index contributed by atoms with van der Waals surface area (Å²) in [7, 11) is 0. The van der Waals surface area contributed by atoms with E-state index in [0.717, 1.165) is 4.68 Å². The van der Waals surface area contributed by atoms with Crippen LogP contribution in [0.15, 0.2) is 36.7 Å². The van der Waals surface area contributed by atoms with Crippen molar-refractivity contribution in [3.8, 4) is 6.07 Å². The van der Waals surface area contributed by atoms with Crippen molar-refractivity contribution in [2.24, 2.45) is 0 Å². The van der Waals surface area contributed by atoms with Crippen molar-refractivity contribution in [1.82, 2.24) is 9.78 Å². The normalized spacial score (nSPS) is 11.0. The Hall–Kier alpha value is -2.86. The fraction of sp³-hybridized carbons (Fsp3) is 0.214. The highest BCUT2D eigenvalue weighted by atomic mass is 19.4. The summed E-state index contributed by atoms with van der Waals surface area (Å²) in [6, 6.07) is 8.01. The molecule has 2 aromatic rings. The van der Waals surface area contributed by atoms with Gasteiger partial charge in [-0.25, -0.2) is 4.68 Å². The van der Waals surface area contributed by atoms with Gasteiger partial charge in [0.25, 0.3) is 5.91 Å². The molecular weight excluding hydrogens is 313 g/mol. The van der Waals surface area contributed by atoms with E-state index >= 15 is 0 Å². The van der Waals surface area contributed by atoms with Crippen LogP contribution in [0.3, 0.4) is 0 Å². The summed E-state index contributed by atoms with van der Waals surface area (Å²) in [5.74, 6) is -0.460. The van der Waals surface area contributed by atoms with Gasteiger partial charge >= 0.3 is 6.18 Å². The third kappa shape index (κ3) is 5.12. The minimum Gasteiger partial charge on any atom is -0.350 e. The van der Waals surface area contributed by atoms with Crippen LogP contribution in [-0.2, 0) is 11.5 Å². The first-order valence-electron chi connectivity index (χ1n) is 6.36. The van der Waals surface area contributed by atoms with Gasteiger partial charge in [0.15, 0.2) is 0 Å². The predicted octanol–water partition coefficient (Wildman–Crippen LogP) is 2.54. The molecule has 1 N–H and O–H groups in total. The average molecular weight is 324 g/mol. The molecule has 0 atom stereocenters. The van der Waals surface area contributed by atoms with E-state index in [9.17, 15) is 18.0 Å². The lowest BCUT2D eigenvalue weighted by Crippen LogP contribution is -2.18. The number of nitriles is 1. The Morgan fingerprint density at radius 1 is 1.43 bits per heavy atom. The van der Waals surface area contributed by atoms with Crippen molar-refractivity contribution in [3.63, 3.8) is 0 Å². The van der Waals surface area contributed by atoms with Crippen molar-refractivity contribution in [3.05, 3.63) is 47.8 Å². The Balaban J connectivity index is 1.93. The zero-order chi connectivity index (χ0) is 16.9. The number of benzene rings is 1. The van der Waals surface area contributed by atoms with Crippen molar-refractivity contribution in [1.29, 1.82) is 5.26 Å². The molecule has 120 valence electrons. The van der Waals surface area contributed by atoms with Gasteiger partial charge in [-0.15, -0.1) is 0 Å². The Bertz CT molecular complexity index is 734. The minimum atomic E-state index is -4.41. The first-order chi connectivity index (χ1) is 10.9. The molecule has 1 aromatic carbocycles. The van der Waals surface area contributed by atoms with Crippen LogP contribution in [0.4, 0.5) is 18.9 Å². The maximum absolute atomic E-state index is 12.0. The predicted molar refractivity (Wildman–Crippen MR) is 73.3 cm³/mol. The molecule has 0 aliphatic carbocycles. The van der Waals surface area contributed by atoms with Crippen LogP contribution in [0, 0.1) is 11.3 Å². The lowest BCUT2D eigenvalue weighted by Gasteiger charge is -2.07. The number of nitrogens with one attached hydrogen (secondary N) is 1. The minimum absolute atomic E-state index is 0.283. The fourth-order valence-electron chi connectivity index (χ4n) is 1.69. The number of halogens is 3. The molecule has 9 heteroatoms. The highest BCUT2D eigenvalue weighted by Crippen LogP contribution is 2.15. The molecule has 1 heterocycles. The highest BCUT2D eigenvalue weighted by Gasteiger charge is 2.27. The van der Waals surface area contributed by atoms with E-state index in [1.807, 2.05) is 6.07 Å². The lowest BCUT2D eigenvalue weighted by atomic mass is 10.1. The second-order valence-corrected chi connectivity index (χ2v) is 4.51. The molecule has 0 unspecified atom stereocenters. The SMILES string of the molecule is N#Cc1cccc(C(=O)Nc2cnn(COCC(F)(F)F)c2)c1. The number of carbonyl (C=O) groups is 1. The second kappa shape index (κ2) is 6.93. The van der Waals surface area contributed by atoms with Gasteiger partial charge in [0.2, 0.25) is 0 Å². The van der Waals surface area contributed by atoms with Gasteiger partial charge in [-0.1, -0.05) is 6.07 Å². The van der Waals surface area contributed by atoms with Crippen molar-refractivity contribution in [2.45, 2.75) is 12.9 Å². The molecule has 6 nitrogen and oxygen atoms in total. The summed E-state index contributed by atoms with van der Waals surface area (Å²) < 4.78 is 41.4. The van der Waals surface area contributed by atoms with Gasteiger partial charge < -0.3 is 10.1 Å². The van der Waals surface area contributed by atoms with Crippen LogP contribution in [-0.4, -0.2) is 28.5 Å². The molecule has 0 saturated carbocycles. The van der Waals surface area contributed by atoms with Crippen LogP contribution in [0.1, 0.15) is 15.9 Å². The van der Waals surface area contributed by atoms with Gasteiger partial charge in [-0.3, -0.25) is 4.79 Å². The van der Waals surface area contributed by atoms with E-state index in [0.29, 0.717) is 11.3 Å². The van der Waals surface area contributed by atoms with Gasteiger partial charge in [0.1, 0.15) is 13.3 Å². The number of carbonyl (C=O) groups excluding carboxylic acids is 1. The molecule has 23 heavy (non-hydrogen) atoms. The molecule has 0 fully saturated rings. The Kier molecular flexibility index (Phi) is 4.98. The number of ether oxygens (including phenoxy) is 1. The number of hydrogen-bond donors (Lipinski definition) is 1. The number of alkyl halides is 3. The summed E-state index contributed by atoms with van der Waals surface area (Å²) in [4.78, 5) is 12.0. The topological polar surface area (TPSA) is 79.9 Å². The third-order valence-electron chi connectivity index (χ3n) is 2.63. The van der Waals surface area contributed by atoms with Crippen molar-refractivity contribution in [2.75, 3.05) is 11.9 Å². The molecular formula is C14H11F3N4O2. The average Bonchev–Trinajstić information content (AvgIpc) is 2.93. The number of rotatable bonds is 5. The van der Waals surface area contributed by atoms with Gasteiger partial charge in [0.05, 0.1) is 29.7 Å². The zero-order valence-electron chi connectivity index (χ0n) is 11.7. The molecule has 0 radical (unpaired) electrons. The first kappa shape index (κ1) is 16.5. The number of hydrogen-bond acceptors (Lipinski definition) is 4. The monoisotopic (exact) mass is 324 g/mol. The Labute approximate surface area is 129 Å². The summed E-state index contributed by atoms with van der Waals surface area (Å²) in [5, 5.41) is 15.1. The van der Waals surface area contributed by atoms with Crippen LogP contribution < -0.4 is 5.32 Å². The smallest absolute Gasteiger partial charge is 0.350 e. The Morgan fingerprint density at radius 2 is 2.22 bits per heavy atom. The summed E-state index contributed by atoms with van der Waals surface area (Å²) >= 11 is 0. The summed E-state index contributed by atoms with van der Waals surface area (Å²) in [6.45, 7) is -1.77. The summed E-state index contributed by atoms with van der Waals surface area (Å²) in [5.41, 5.74) is 0.923. The van der Waals surface area contributed by atoms with E-state index in [4.69, 9.17) is 5.26 Å². The fourth-order valence-corrected chi connectivity index (χ4v) is 1.69. The van der Waals surface area contributed by atoms with Crippen LogP contribution in [0.25, 0.3) is 0 Å². The van der Waals surface area contributed by atoms with Gasteiger partial charge in [0, 0.05) is 5.56 Å². The number of amides is 1. The van der Waals surface area contributed by atoms with E-state index < -0.39 is 18.7 Å². The van der Waals surface area contributed by atoms with Crippen molar-refractivity contribution < 1.29 is 22.7 Å². The van der Waals surface area contributed by atoms with Crippen molar-refractivity contribution >= 4 is 11.6 Å². The molecule has 0 saturated heterocycles. The number of aromatic nitrogens is 2. The maximum Gasteiger partial charge on any atom is 0.411 e. The standard InChI is InChI=1S/C14H11F3N4O2/c15-14(16,17)8-23-9-21-7-12(6-19-21)20-13(22)11-3-1-2-10(4-11)5-18/h1-4,6-7H,8-9H2,(H,20,22). The number of nitrogens with zero attached hydrogens (tertiary/aromatic N) is 3. The highest BCUT2D eigenvalue weighted by molar-refractivity contribution is 6.04. The molecule has 2 rings (SSSR count). The van der Waals surface area contributed by atoms with Crippen LogP contribution in [0.2, 0.25) is 0 Å². The molecule has 0 bridgehead atoms. The maximum atomic E-state index is 12.0. The zero-order valence-corrected chi connectivity index (χ0v) is 11.7. The third-order valence-corrected chi connectivity index (χ3v) is 2.63. The molecule has 0 aliphatic rings. The lowest BCUT2D eigenvalue weighted by molar-refractivity contribution is -0.182. The Morgan fingerprint density at radius 3 is 2.91 bits per heavy atom. The summed E-state index contributed by atoms with van der Waals surface area (Å²) in [6.07, 6.45) is -1.79. The van der Waals surface area contributed by atoms with E-state index in [1.54, 1.807) is 12.1 Å². The molecule has 0 spiro atoms. The van der Waals surface area contributed by atoms with E-state index in [2.05, 4.69) is 15.2 Å². The van der Waals surface area contributed by atoms with E-state index in [-0.39, 0.29) is 12.3 Å². The quantitative estimate of drug-likeness (QED) is 0.916. The molecule has 1 aromatic heterocycles. The van der Waals surface area contributed by atoms with E-state index in [1.165, 1.54) is 24.5 Å². The first-order valence-corrected chi connectivity index (χ1v) is 6.36. The van der Waals surface area contributed by atoms with Crippen LogP contribution >= 0.6 is 0 Å². The number of anilines is 1. The van der Waals surface area contributed by atoms with Gasteiger partial charge in [-0.2, -0.15) is 23.5 Å². The largest absolute Gasteiger partial charge is 0.411 e. The molecule has 1 amide bonds. The van der Waals surface area contributed by atoms with Crippen LogP contribution in [0.5, 0.6) is 0 Å². The van der Waals surface area contributed by atoms with Gasteiger partial charge in [-0.05, 0) is 18.2 Å². The second-order valence-electron chi connectivity index (χ2n) is 4.51.